The summed E-state index contributed by atoms with van der Waals surface area (Å²) in [6, 6.07) is 16.3. The number of hydrogen-bond donors (Lipinski definition) is 1. The first kappa shape index (κ1) is 19.6. The van der Waals surface area contributed by atoms with Crippen LogP contribution in [0.25, 0.3) is 10.8 Å². The second-order valence-electron chi connectivity index (χ2n) is 9.20. The van der Waals surface area contributed by atoms with E-state index in [0.29, 0.717) is 6.54 Å². The molecule has 0 radical (unpaired) electrons. The molecule has 3 saturated carbocycles. The van der Waals surface area contributed by atoms with Crippen LogP contribution < -0.4 is 10.1 Å². The third kappa shape index (κ3) is 2.89. The van der Waals surface area contributed by atoms with Gasteiger partial charge in [-0.25, -0.2) is 4.39 Å². The Morgan fingerprint density at radius 2 is 1.81 bits per heavy atom. The minimum atomic E-state index is -0.588. The van der Waals surface area contributed by atoms with Crippen molar-refractivity contribution in [2.75, 3.05) is 6.61 Å². The minimum absolute atomic E-state index is 0.00711. The Morgan fingerprint density at radius 1 is 1.09 bits per heavy atom. The summed E-state index contributed by atoms with van der Waals surface area (Å²) in [5.41, 5.74) is 1.41. The lowest BCUT2D eigenvalue weighted by Crippen LogP contribution is -2.83. The molecule has 1 heterocycles. The molecule has 0 saturated heterocycles. The predicted octanol–water partition coefficient (Wildman–Crippen LogP) is 4.46. The fourth-order valence-electron chi connectivity index (χ4n) is 5.59. The Bertz CT molecular complexity index is 1290. The van der Waals surface area contributed by atoms with Gasteiger partial charge in [-0.3, -0.25) is 9.59 Å². The van der Waals surface area contributed by atoms with E-state index in [1.165, 1.54) is 12.1 Å². The standard InChI is InChI=1S/C25H20ClFN2O3/c26-20-6-5-18(9-21(20)27)32-11-22(30)28-24-12-25(13-24,14-24)29-10-17-7-15-3-1-2-4-16(15)8-19(17)23(29)31/h1-9H,10-14H2,(H,28,30). The predicted molar refractivity (Wildman–Crippen MR) is 118 cm³/mol. The van der Waals surface area contributed by atoms with E-state index in [9.17, 15) is 14.0 Å². The van der Waals surface area contributed by atoms with Gasteiger partial charge in [0.2, 0.25) is 0 Å². The quantitative estimate of drug-likeness (QED) is 0.624. The molecule has 3 aromatic carbocycles. The molecule has 162 valence electrons. The highest BCUT2D eigenvalue weighted by molar-refractivity contribution is 6.30. The molecule has 1 N–H and O–H groups in total. The van der Waals surface area contributed by atoms with Gasteiger partial charge in [0, 0.05) is 23.7 Å². The number of halogens is 2. The van der Waals surface area contributed by atoms with E-state index in [4.69, 9.17) is 16.3 Å². The van der Waals surface area contributed by atoms with Gasteiger partial charge in [-0.15, -0.1) is 0 Å². The lowest BCUT2D eigenvalue weighted by atomic mass is 9.43. The van der Waals surface area contributed by atoms with Crippen molar-refractivity contribution in [2.24, 2.45) is 0 Å². The molecule has 4 aliphatic rings. The van der Waals surface area contributed by atoms with Gasteiger partial charge < -0.3 is 15.0 Å². The number of fused-ring (bicyclic) bond motifs is 2. The van der Waals surface area contributed by atoms with Crippen LogP contribution in [0.3, 0.4) is 0 Å². The summed E-state index contributed by atoms with van der Waals surface area (Å²) >= 11 is 5.66. The Labute approximate surface area is 189 Å². The van der Waals surface area contributed by atoms with Gasteiger partial charge >= 0.3 is 0 Å². The molecule has 2 bridgehead atoms. The fourth-order valence-corrected chi connectivity index (χ4v) is 5.71. The lowest BCUT2D eigenvalue weighted by molar-refractivity contribution is -0.171. The largest absolute Gasteiger partial charge is 0.484 e. The Balaban J connectivity index is 1.08. The van der Waals surface area contributed by atoms with Gasteiger partial charge in [0.25, 0.3) is 11.8 Å². The Hall–Kier alpha value is -3.12. The molecule has 3 aromatic rings. The van der Waals surface area contributed by atoms with Crippen LogP contribution in [-0.2, 0) is 11.3 Å². The Morgan fingerprint density at radius 3 is 2.53 bits per heavy atom. The van der Waals surface area contributed by atoms with Crippen molar-refractivity contribution in [3.05, 3.63) is 76.6 Å². The molecule has 2 amide bonds. The fraction of sp³-hybridized carbons (Fsp3) is 0.280. The van der Waals surface area contributed by atoms with Crippen molar-refractivity contribution in [1.82, 2.24) is 10.2 Å². The third-order valence-corrected chi connectivity index (χ3v) is 7.32. The second kappa shape index (κ2) is 6.69. The van der Waals surface area contributed by atoms with Crippen LogP contribution in [-0.4, -0.2) is 34.4 Å². The molecule has 0 atom stereocenters. The molecule has 0 aromatic heterocycles. The summed E-state index contributed by atoms with van der Waals surface area (Å²) in [6.45, 7) is 0.421. The van der Waals surface area contributed by atoms with Crippen LogP contribution in [0.15, 0.2) is 54.6 Å². The van der Waals surface area contributed by atoms with Gasteiger partial charge in [-0.2, -0.15) is 0 Å². The van der Waals surface area contributed by atoms with Crippen LogP contribution in [0, 0.1) is 5.82 Å². The molecule has 0 spiro atoms. The van der Waals surface area contributed by atoms with E-state index < -0.39 is 5.82 Å². The van der Waals surface area contributed by atoms with Crippen LogP contribution in [0.5, 0.6) is 5.75 Å². The van der Waals surface area contributed by atoms with Crippen LogP contribution in [0.4, 0.5) is 4.39 Å². The summed E-state index contributed by atoms with van der Waals surface area (Å²) in [7, 11) is 0. The number of nitrogens with one attached hydrogen (secondary N) is 1. The highest BCUT2D eigenvalue weighted by Gasteiger charge is 2.72. The highest BCUT2D eigenvalue weighted by atomic mass is 35.5. The highest BCUT2D eigenvalue weighted by Crippen LogP contribution is 2.64. The van der Waals surface area contributed by atoms with Crippen molar-refractivity contribution in [3.8, 4) is 5.75 Å². The number of ether oxygens (including phenoxy) is 1. The van der Waals surface area contributed by atoms with Crippen LogP contribution >= 0.6 is 11.6 Å². The molecule has 3 aliphatic carbocycles. The summed E-state index contributed by atoms with van der Waals surface area (Å²) < 4.78 is 18.9. The first-order valence-electron chi connectivity index (χ1n) is 10.6. The first-order valence-corrected chi connectivity index (χ1v) is 11.0. The van der Waals surface area contributed by atoms with Crippen molar-refractivity contribution >= 4 is 34.2 Å². The van der Waals surface area contributed by atoms with Crippen molar-refractivity contribution < 1.29 is 18.7 Å². The van der Waals surface area contributed by atoms with E-state index >= 15 is 0 Å². The maximum absolute atomic E-state index is 13.5. The van der Waals surface area contributed by atoms with Crippen molar-refractivity contribution in [3.63, 3.8) is 0 Å². The van der Waals surface area contributed by atoms with E-state index in [-0.39, 0.29) is 40.3 Å². The maximum Gasteiger partial charge on any atom is 0.258 e. The zero-order valence-electron chi connectivity index (χ0n) is 17.2. The molecule has 32 heavy (non-hydrogen) atoms. The summed E-state index contributed by atoms with van der Waals surface area (Å²) in [5, 5.41) is 5.27. The summed E-state index contributed by atoms with van der Waals surface area (Å²) in [5.74, 6) is -0.506. The smallest absolute Gasteiger partial charge is 0.258 e. The second-order valence-corrected chi connectivity index (χ2v) is 9.60. The number of carbonyl (C=O) groups is 2. The monoisotopic (exact) mass is 450 g/mol. The number of amides is 2. The van der Waals surface area contributed by atoms with Crippen LogP contribution in [0.1, 0.15) is 35.2 Å². The van der Waals surface area contributed by atoms with Gasteiger partial charge in [0.15, 0.2) is 6.61 Å². The van der Waals surface area contributed by atoms with Gasteiger partial charge in [-0.1, -0.05) is 35.9 Å². The molecule has 0 unspecified atom stereocenters. The number of nitrogens with zero attached hydrogens (tertiary/aromatic N) is 1. The molecule has 5 nitrogen and oxygen atoms in total. The molecule has 1 aliphatic heterocycles. The van der Waals surface area contributed by atoms with Gasteiger partial charge in [-0.05, 0) is 59.9 Å². The van der Waals surface area contributed by atoms with E-state index in [1.54, 1.807) is 0 Å². The summed E-state index contributed by atoms with van der Waals surface area (Å²) in [6.07, 6.45) is 2.25. The molecular weight excluding hydrogens is 431 g/mol. The zero-order chi connectivity index (χ0) is 22.1. The van der Waals surface area contributed by atoms with Crippen molar-refractivity contribution in [1.29, 1.82) is 0 Å². The van der Waals surface area contributed by atoms with Gasteiger partial charge in [0.1, 0.15) is 11.6 Å². The molecule has 7 heteroatoms. The summed E-state index contributed by atoms with van der Waals surface area (Å²) in [4.78, 5) is 27.5. The SMILES string of the molecule is O=C(COc1ccc(Cl)c(F)c1)NC12CC(N3Cc4cc5ccccc5cc4C3=O)(C1)C2. The number of hydrogen-bond acceptors (Lipinski definition) is 3. The average Bonchev–Trinajstić information content (AvgIpc) is 3.04. The lowest BCUT2D eigenvalue weighted by Gasteiger charge is -2.73. The Kier molecular flexibility index (Phi) is 4.09. The molecule has 7 rings (SSSR count). The minimum Gasteiger partial charge on any atom is -0.484 e. The van der Waals surface area contributed by atoms with Crippen LogP contribution in [0.2, 0.25) is 5.02 Å². The van der Waals surface area contributed by atoms with Gasteiger partial charge in [0.05, 0.1) is 10.6 Å². The topological polar surface area (TPSA) is 58.6 Å². The van der Waals surface area contributed by atoms with E-state index in [0.717, 1.165) is 47.2 Å². The first-order chi connectivity index (χ1) is 15.4. The molecular formula is C25H20ClFN2O3. The zero-order valence-corrected chi connectivity index (χ0v) is 17.9. The number of rotatable bonds is 5. The maximum atomic E-state index is 13.5. The van der Waals surface area contributed by atoms with Crippen molar-refractivity contribution in [2.45, 2.75) is 36.9 Å². The third-order valence-electron chi connectivity index (χ3n) is 7.02. The average molecular weight is 451 g/mol. The van der Waals surface area contributed by atoms with E-state index in [1.807, 2.05) is 29.2 Å². The molecule has 3 fully saturated rings. The number of benzene rings is 3. The normalized spacial score (nSPS) is 25.2. The number of carbonyl (C=O) groups excluding carboxylic acids is 2. The van der Waals surface area contributed by atoms with E-state index in [2.05, 4.69) is 17.4 Å².